The monoisotopic (exact) mass is 495 g/mol. The summed E-state index contributed by atoms with van der Waals surface area (Å²) in [6.07, 6.45) is 1.77. The maximum atomic E-state index is 6.45. The number of aromatic nitrogens is 1. The summed E-state index contributed by atoms with van der Waals surface area (Å²) in [5.41, 5.74) is 2.41. The smallest absolute Gasteiger partial charge is 0.174 e. The van der Waals surface area contributed by atoms with Gasteiger partial charge in [-0.25, -0.2) is 0 Å². The summed E-state index contributed by atoms with van der Waals surface area (Å²) < 4.78 is 12.0. The van der Waals surface area contributed by atoms with E-state index in [-0.39, 0.29) is 12.1 Å². The molecular formula is C25H19Cl2N3O2S. The van der Waals surface area contributed by atoms with Crippen LogP contribution in [0.3, 0.4) is 0 Å². The Bertz CT molecular complexity index is 1310. The van der Waals surface area contributed by atoms with E-state index in [1.54, 1.807) is 19.4 Å². The fraction of sp³-hybridized carbons (Fsp3) is 0.120. The Labute approximate surface area is 206 Å². The van der Waals surface area contributed by atoms with E-state index in [1.807, 2.05) is 71.6 Å². The molecule has 4 aromatic rings. The zero-order valence-electron chi connectivity index (χ0n) is 17.5. The van der Waals surface area contributed by atoms with Crippen molar-refractivity contribution in [1.29, 1.82) is 0 Å². The van der Waals surface area contributed by atoms with E-state index in [4.69, 9.17) is 44.6 Å². The van der Waals surface area contributed by atoms with E-state index in [0.717, 1.165) is 16.9 Å². The highest BCUT2D eigenvalue weighted by Crippen LogP contribution is 2.46. The number of methoxy groups -OCH3 is 1. The minimum atomic E-state index is -0.310. The van der Waals surface area contributed by atoms with Crippen LogP contribution in [0.5, 0.6) is 5.75 Å². The van der Waals surface area contributed by atoms with Gasteiger partial charge in [-0.05, 0) is 60.7 Å². The second kappa shape index (κ2) is 9.06. The highest BCUT2D eigenvalue weighted by atomic mass is 35.5. The molecule has 0 amide bonds. The third-order valence-electron chi connectivity index (χ3n) is 5.58. The first-order valence-electron chi connectivity index (χ1n) is 10.3. The summed E-state index contributed by atoms with van der Waals surface area (Å²) >= 11 is 18.4. The summed E-state index contributed by atoms with van der Waals surface area (Å²) in [6, 6.07) is 22.3. The molecule has 2 aromatic carbocycles. The van der Waals surface area contributed by atoms with Crippen molar-refractivity contribution in [3.63, 3.8) is 0 Å². The number of nitrogens with zero attached hydrogens (tertiary/aromatic N) is 2. The number of rotatable bonds is 5. The van der Waals surface area contributed by atoms with E-state index < -0.39 is 0 Å². The third-order valence-corrected chi connectivity index (χ3v) is 6.71. The van der Waals surface area contributed by atoms with E-state index in [0.29, 0.717) is 32.4 Å². The number of furan rings is 1. The summed E-state index contributed by atoms with van der Waals surface area (Å²) in [4.78, 5) is 6.58. The molecule has 1 N–H and O–H groups in total. The van der Waals surface area contributed by atoms with Crippen molar-refractivity contribution in [3.05, 3.63) is 100 Å². The van der Waals surface area contributed by atoms with E-state index >= 15 is 0 Å². The van der Waals surface area contributed by atoms with Crippen LogP contribution in [0.25, 0.3) is 11.3 Å². The van der Waals surface area contributed by atoms with Crippen LogP contribution in [0.2, 0.25) is 10.0 Å². The standard InChI is InChI=1S/C25H19Cl2N3O2S/c1-31-20-11-3-2-10-18(20)30-24(23(29-25(30)33)17-9-4-5-14-28-17)21-13-12-19(32-21)15-7-6-8-16(26)22(15)27/h2-14,23-24H,1H3,(H,29,33). The van der Waals surface area contributed by atoms with Gasteiger partial charge in [-0.15, -0.1) is 0 Å². The van der Waals surface area contributed by atoms with Crippen molar-refractivity contribution in [2.24, 2.45) is 0 Å². The molecule has 5 nitrogen and oxygen atoms in total. The van der Waals surface area contributed by atoms with Gasteiger partial charge in [0, 0.05) is 11.8 Å². The number of hydrogen-bond acceptors (Lipinski definition) is 4. The van der Waals surface area contributed by atoms with Crippen LogP contribution in [0.15, 0.2) is 83.4 Å². The minimum Gasteiger partial charge on any atom is -0.495 e. The molecule has 2 unspecified atom stereocenters. The molecule has 0 aliphatic carbocycles. The molecule has 33 heavy (non-hydrogen) atoms. The van der Waals surface area contributed by atoms with Crippen LogP contribution in [-0.4, -0.2) is 17.2 Å². The first kappa shape index (κ1) is 21.8. The van der Waals surface area contributed by atoms with Gasteiger partial charge in [0.25, 0.3) is 0 Å². The van der Waals surface area contributed by atoms with Gasteiger partial charge >= 0.3 is 0 Å². The molecule has 2 aromatic heterocycles. The number of anilines is 1. The summed E-state index contributed by atoms with van der Waals surface area (Å²) in [5, 5.41) is 4.89. The SMILES string of the molecule is COc1ccccc1N1C(=S)NC(c2ccccn2)C1c1ccc(-c2cccc(Cl)c2Cl)o1. The van der Waals surface area contributed by atoms with Crippen LogP contribution in [0.4, 0.5) is 5.69 Å². The Hall–Kier alpha value is -3.06. The van der Waals surface area contributed by atoms with Gasteiger partial charge in [0.1, 0.15) is 23.3 Å². The van der Waals surface area contributed by atoms with Crippen LogP contribution in [0.1, 0.15) is 23.5 Å². The zero-order valence-corrected chi connectivity index (χ0v) is 19.9. The lowest BCUT2D eigenvalue weighted by molar-refractivity contribution is 0.409. The lowest BCUT2D eigenvalue weighted by atomic mass is 10.0. The van der Waals surface area contributed by atoms with Gasteiger partial charge in [0.2, 0.25) is 0 Å². The number of pyridine rings is 1. The Morgan fingerprint density at radius 3 is 2.61 bits per heavy atom. The fourth-order valence-corrected chi connectivity index (χ4v) is 4.82. The maximum absolute atomic E-state index is 6.45. The van der Waals surface area contributed by atoms with Gasteiger partial charge < -0.3 is 19.4 Å². The van der Waals surface area contributed by atoms with Gasteiger partial charge in [0.05, 0.1) is 34.6 Å². The van der Waals surface area contributed by atoms with E-state index in [2.05, 4.69) is 10.3 Å². The van der Waals surface area contributed by atoms with Crippen molar-refractivity contribution >= 4 is 46.2 Å². The van der Waals surface area contributed by atoms with Crippen LogP contribution in [-0.2, 0) is 0 Å². The quantitative estimate of drug-likeness (QED) is 0.306. The molecule has 1 aliphatic rings. The number of benzene rings is 2. The number of ether oxygens (including phenoxy) is 1. The number of halogens is 2. The fourth-order valence-electron chi connectivity index (χ4n) is 4.08. The number of para-hydroxylation sites is 2. The molecule has 166 valence electrons. The maximum Gasteiger partial charge on any atom is 0.174 e. The molecular weight excluding hydrogens is 477 g/mol. The molecule has 1 saturated heterocycles. The molecule has 2 atom stereocenters. The molecule has 3 heterocycles. The second-order valence-corrected chi connectivity index (χ2v) is 8.64. The number of hydrogen-bond donors (Lipinski definition) is 1. The van der Waals surface area contributed by atoms with Crippen LogP contribution < -0.4 is 15.0 Å². The average Bonchev–Trinajstić information content (AvgIpc) is 3.46. The Morgan fingerprint density at radius 2 is 1.82 bits per heavy atom. The summed E-state index contributed by atoms with van der Waals surface area (Å²) in [6.45, 7) is 0. The van der Waals surface area contributed by atoms with Crippen molar-refractivity contribution < 1.29 is 9.15 Å². The lowest BCUT2D eigenvalue weighted by Gasteiger charge is -2.27. The van der Waals surface area contributed by atoms with E-state index in [9.17, 15) is 0 Å². The Balaban J connectivity index is 1.64. The first-order valence-corrected chi connectivity index (χ1v) is 11.4. The highest BCUT2D eigenvalue weighted by molar-refractivity contribution is 7.80. The van der Waals surface area contributed by atoms with Gasteiger partial charge in [-0.2, -0.15) is 0 Å². The molecule has 0 bridgehead atoms. The minimum absolute atomic E-state index is 0.238. The second-order valence-electron chi connectivity index (χ2n) is 7.47. The zero-order chi connectivity index (χ0) is 22.9. The normalized spacial score (nSPS) is 17.8. The first-order chi connectivity index (χ1) is 16.1. The van der Waals surface area contributed by atoms with E-state index in [1.165, 1.54) is 0 Å². The summed E-state index contributed by atoms with van der Waals surface area (Å²) in [5.74, 6) is 2.03. The molecule has 0 spiro atoms. The van der Waals surface area contributed by atoms with Crippen molar-refractivity contribution in [1.82, 2.24) is 10.3 Å². The number of thiocarbonyl (C=S) groups is 1. The molecule has 1 fully saturated rings. The predicted octanol–water partition coefficient (Wildman–Crippen LogP) is 6.83. The molecule has 8 heteroatoms. The average molecular weight is 496 g/mol. The third kappa shape index (κ3) is 3.95. The highest BCUT2D eigenvalue weighted by Gasteiger charge is 2.43. The van der Waals surface area contributed by atoms with Gasteiger partial charge in [-0.1, -0.05) is 47.5 Å². The van der Waals surface area contributed by atoms with Gasteiger partial charge in [-0.3, -0.25) is 4.98 Å². The Morgan fingerprint density at radius 1 is 1.00 bits per heavy atom. The van der Waals surface area contributed by atoms with Crippen molar-refractivity contribution in [3.8, 4) is 17.1 Å². The molecule has 1 aliphatic heterocycles. The largest absolute Gasteiger partial charge is 0.495 e. The number of nitrogens with one attached hydrogen (secondary N) is 1. The summed E-state index contributed by atoms with van der Waals surface area (Å²) in [7, 11) is 1.64. The Kier molecular flexibility index (Phi) is 5.98. The molecule has 0 radical (unpaired) electrons. The van der Waals surface area contributed by atoms with Crippen molar-refractivity contribution in [2.75, 3.05) is 12.0 Å². The molecule has 5 rings (SSSR count). The van der Waals surface area contributed by atoms with Crippen LogP contribution >= 0.6 is 35.4 Å². The topological polar surface area (TPSA) is 50.5 Å². The lowest BCUT2D eigenvalue weighted by Crippen LogP contribution is -2.29. The van der Waals surface area contributed by atoms with Crippen molar-refractivity contribution in [2.45, 2.75) is 12.1 Å². The van der Waals surface area contributed by atoms with Gasteiger partial charge in [0.15, 0.2) is 5.11 Å². The van der Waals surface area contributed by atoms with Crippen LogP contribution in [0, 0.1) is 0 Å². The molecule has 0 saturated carbocycles. The predicted molar refractivity (Wildman–Crippen MR) is 135 cm³/mol.